The molecule has 0 atom stereocenters. The zero-order valence-corrected chi connectivity index (χ0v) is 9.11. The zero-order chi connectivity index (χ0) is 10.7. The lowest BCUT2D eigenvalue weighted by atomic mass is 9.94. The van der Waals surface area contributed by atoms with E-state index in [0.717, 1.165) is 31.2 Å². The van der Waals surface area contributed by atoms with Crippen LogP contribution in [0.5, 0.6) is 0 Å². The molecule has 3 nitrogen and oxygen atoms in total. The van der Waals surface area contributed by atoms with Crippen LogP contribution in [0, 0.1) is 5.92 Å². The molecule has 1 aliphatic heterocycles. The molecule has 1 saturated heterocycles. The first-order valence-electron chi connectivity index (χ1n) is 5.63. The molecule has 0 radical (unpaired) electrons. The number of hydrogen-bond donors (Lipinski definition) is 0. The normalized spacial score (nSPS) is 18.1. The summed E-state index contributed by atoms with van der Waals surface area (Å²) in [6.45, 7) is 4.34. The molecule has 3 heteroatoms. The van der Waals surface area contributed by atoms with E-state index in [1.165, 1.54) is 19.3 Å². The largest absolute Gasteiger partial charge is 0.438 e. The van der Waals surface area contributed by atoms with Crippen molar-refractivity contribution in [1.29, 1.82) is 0 Å². The van der Waals surface area contributed by atoms with Crippen LogP contribution < -0.4 is 4.90 Å². The van der Waals surface area contributed by atoms with Crippen molar-refractivity contribution in [1.82, 2.24) is 0 Å². The van der Waals surface area contributed by atoms with Crippen molar-refractivity contribution in [2.24, 2.45) is 5.92 Å². The highest BCUT2D eigenvalue weighted by Crippen LogP contribution is 2.25. The van der Waals surface area contributed by atoms with E-state index >= 15 is 0 Å². The predicted octanol–water partition coefficient (Wildman–Crippen LogP) is 2.72. The number of aldehydes is 1. The Balaban J connectivity index is 1.97. The van der Waals surface area contributed by atoms with Crippen molar-refractivity contribution in [3.8, 4) is 0 Å². The average molecular weight is 207 g/mol. The molecule has 82 valence electrons. The van der Waals surface area contributed by atoms with Gasteiger partial charge >= 0.3 is 0 Å². The number of furan rings is 1. The predicted molar refractivity (Wildman–Crippen MR) is 59.3 cm³/mol. The van der Waals surface area contributed by atoms with Gasteiger partial charge in [-0.25, -0.2) is 0 Å². The number of rotatable bonds is 3. The van der Waals surface area contributed by atoms with Crippen LogP contribution in [-0.2, 0) is 0 Å². The molecule has 0 unspecified atom stereocenters. The lowest BCUT2D eigenvalue weighted by molar-refractivity contribution is 0.110. The van der Waals surface area contributed by atoms with Crippen molar-refractivity contribution in [3.63, 3.8) is 0 Å². The summed E-state index contributed by atoms with van der Waals surface area (Å²) in [5.41, 5.74) is 0. The van der Waals surface area contributed by atoms with Crippen molar-refractivity contribution >= 4 is 12.2 Å². The quantitative estimate of drug-likeness (QED) is 0.714. The van der Waals surface area contributed by atoms with Crippen LogP contribution in [0.1, 0.15) is 36.7 Å². The molecule has 0 saturated carbocycles. The van der Waals surface area contributed by atoms with Crippen LogP contribution in [0.4, 0.5) is 5.88 Å². The Hall–Kier alpha value is -1.25. The smallest absolute Gasteiger partial charge is 0.196 e. The number of piperidine rings is 1. The highest BCUT2D eigenvalue weighted by Gasteiger charge is 2.19. The molecular formula is C12H17NO2. The topological polar surface area (TPSA) is 33.5 Å². The SMILES string of the molecule is CCC1CCN(c2ccc(C=O)o2)CC1. The van der Waals surface area contributed by atoms with E-state index < -0.39 is 0 Å². The summed E-state index contributed by atoms with van der Waals surface area (Å²) in [5, 5.41) is 0. The number of nitrogens with zero attached hydrogens (tertiary/aromatic N) is 1. The molecule has 1 fully saturated rings. The third-order valence-electron chi connectivity index (χ3n) is 3.23. The van der Waals surface area contributed by atoms with E-state index in [4.69, 9.17) is 4.42 Å². The number of hydrogen-bond acceptors (Lipinski definition) is 3. The van der Waals surface area contributed by atoms with E-state index in [-0.39, 0.29) is 0 Å². The Morgan fingerprint density at radius 2 is 2.20 bits per heavy atom. The molecule has 0 aliphatic carbocycles. The Bertz CT molecular complexity index is 324. The molecule has 1 aromatic heterocycles. The van der Waals surface area contributed by atoms with Crippen LogP contribution in [0.3, 0.4) is 0 Å². The molecule has 0 amide bonds. The van der Waals surface area contributed by atoms with Gasteiger partial charge in [-0.05, 0) is 24.8 Å². The number of carbonyl (C=O) groups is 1. The van der Waals surface area contributed by atoms with Crippen molar-refractivity contribution in [2.75, 3.05) is 18.0 Å². The second-order valence-electron chi connectivity index (χ2n) is 4.13. The monoisotopic (exact) mass is 207 g/mol. The van der Waals surface area contributed by atoms with Gasteiger partial charge in [-0.1, -0.05) is 13.3 Å². The molecule has 0 bridgehead atoms. The van der Waals surface area contributed by atoms with Crippen molar-refractivity contribution in [3.05, 3.63) is 17.9 Å². The molecule has 15 heavy (non-hydrogen) atoms. The molecule has 0 spiro atoms. The van der Waals surface area contributed by atoms with Crippen LogP contribution in [0.15, 0.2) is 16.5 Å². The summed E-state index contributed by atoms with van der Waals surface area (Å²) in [4.78, 5) is 12.7. The Morgan fingerprint density at radius 1 is 1.47 bits per heavy atom. The second-order valence-corrected chi connectivity index (χ2v) is 4.13. The standard InChI is InChI=1S/C12H17NO2/c1-2-10-5-7-13(8-6-10)12-4-3-11(9-14)15-12/h3-4,9-10H,2,5-8H2,1H3. The van der Waals surface area contributed by atoms with Gasteiger partial charge in [0.2, 0.25) is 0 Å². The third-order valence-corrected chi connectivity index (χ3v) is 3.23. The highest BCUT2D eigenvalue weighted by atomic mass is 16.4. The molecule has 0 aromatic carbocycles. The van der Waals surface area contributed by atoms with Gasteiger partial charge in [0.15, 0.2) is 17.9 Å². The van der Waals surface area contributed by atoms with Gasteiger partial charge < -0.3 is 9.32 Å². The summed E-state index contributed by atoms with van der Waals surface area (Å²) in [5.74, 6) is 2.12. The fraction of sp³-hybridized carbons (Fsp3) is 0.583. The van der Waals surface area contributed by atoms with Crippen LogP contribution in [0.2, 0.25) is 0 Å². The van der Waals surface area contributed by atoms with Crippen molar-refractivity contribution < 1.29 is 9.21 Å². The van der Waals surface area contributed by atoms with E-state index in [0.29, 0.717) is 5.76 Å². The first-order chi connectivity index (χ1) is 7.33. The van der Waals surface area contributed by atoms with Crippen LogP contribution in [-0.4, -0.2) is 19.4 Å². The lowest BCUT2D eigenvalue weighted by Crippen LogP contribution is -2.33. The minimum atomic E-state index is 0.419. The van der Waals surface area contributed by atoms with E-state index in [9.17, 15) is 4.79 Å². The van der Waals surface area contributed by atoms with Gasteiger partial charge in [-0.2, -0.15) is 0 Å². The lowest BCUT2D eigenvalue weighted by Gasteiger charge is -2.31. The fourth-order valence-corrected chi connectivity index (χ4v) is 2.14. The van der Waals surface area contributed by atoms with Gasteiger partial charge in [0.05, 0.1) is 0 Å². The Morgan fingerprint density at radius 3 is 2.73 bits per heavy atom. The average Bonchev–Trinajstić information content (AvgIpc) is 2.78. The summed E-state index contributed by atoms with van der Waals surface area (Å²) < 4.78 is 5.40. The van der Waals surface area contributed by atoms with E-state index in [2.05, 4.69) is 11.8 Å². The first-order valence-corrected chi connectivity index (χ1v) is 5.63. The molecule has 0 N–H and O–H groups in total. The summed E-state index contributed by atoms with van der Waals surface area (Å²) in [6, 6.07) is 3.62. The molecular weight excluding hydrogens is 190 g/mol. The third kappa shape index (κ3) is 2.22. The van der Waals surface area contributed by atoms with E-state index in [1.54, 1.807) is 6.07 Å². The van der Waals surface area contributed by atoms with E-state index in [1.807, 2.05) is 6.07 Å². The minimum Gasteiger partial charge on any atom is -0.438 e. The van der Waals surface area contributed by atoms with Gasteiger partial charge in [-0.15, -0.1) is 0 Å². The number of anilines is 1. The molecule has 2 rings (SSSR count). The second kappa shape index (κ2) is 4.51. The number of carbonyl (C=O) groups excluding carboxylic acids is 1. The van der Waals surface area contributed by atoms with Crippen molar-refractivity contribution in [2.45, 2.75) is 26.2 Å². The summed E-state index contributed by atoms with van der Waals surface area (Å²) >= 11 is 0. The van der Waals surface area contributed by atoms with Crippen LogP contribution in [0.25, 0.3) is 0 Å². The van der Waals surface area contributed by atoms with Gasteiger partial charge in [0, 0.05) is 19.2 Å². The molecule has 1 aliphatic rings. The maximum absolute atomic E-state index is 10.5. The first kappa shape index (κ1) is 10.3. The molecule has 1 aromatic rings. The van der Waals surface area contributed by atoms with Gasteiger partial charge in [0.1, 0.15) is 0 Å². The fourth-order valence-electron chi connectivity index (χ4n) is 2.14. The summed E-state index contributed by atoms with van der Waals surface area (Å²) in [7, 11) is 0. The maximum Gasteiger partial charge on any atom is 0.196 e. The summed E-state index contributed by atoms with van der Waals surface area (Å²) in [6.07, 6.45) is 4.48. The molecule has 2 heterocycles. The minimum absolute atomic E-state index is 0.419. The maximum atomic E-state index is 10.5. The Labute approximate surface area is 90.1 Å². The Kier molecular flexibility index (Phi) is 3.09. The van der Waals surface area contributed by atoms with Gasteiger partial charge in [-0.3, -0.25) is 4.79 Å². The van der Waals surface area contributed by atoms with Crippen LogP contribution >= 0.6 is 0 Å². The zero-order valence-electron chi connectivity index (χ0n) is 9.11. The highest BCUT2D eigenvalue weighted by molar-refractivity contribution is 5.71. The van der Waals surface area contributed by atoms with Gasteiger partial charge in [0.25, 0.3) is 0 Å².